The second-order valence-electron chi connectivity index (χ2n) is 7.49. The van der Waals surface area contributed by atoms with Crippen LogP contribution in [0, 0.1) is 12.8 Å². The molecule has 152 valence electrons. The van der Waals surface area contributed by atoms with E-state index in [4.69, 9.17) is 16.3 Å². The van der Waals surface area contributed by atoms with Gasteiger partial charge >= 0.3 is 5.97 Å². The van der Waals surface area contributed by atoms with Crippen LogP contribution in [0.1, 0.15) is 25.0 Å². The highest BCUT2D eigenvalue weighted by Crippen LogP contribution is 2.59. The van der Waals surface area contributed by atoms with Crippen LogP contribution in [0.2, 0.25) is 5.02 Å². The Labute approximate surface area is 178 Å². The Morgan fingerprint density at radius 1 is 1.17 bits per heavy atom. The highest BCUT2D eigenvalue weighted by atomic mass is 35.5. The van der Waals surface area contributed by atoms with Crippen molar-refractivity contribution in [2.75, 3.05) is 11.5 Å². The van der Waals surface area contributed by atoms with Crippen LogP contribution in [0.4, 0.5) is 11.4 Å². The van der Waals surface area contributed by atoms with Gasteiger partial charge in [0.2, 0.25) is 5.91 Å². The van der Waals surface area contributed by atoms with Gasteiger partial charge in [-0.25, -0.2) is 0 Å². The standard InChI is InChI=1S/C22H19ClN4O3/c1-3-30-19(28)16-12-22(16)20-25-24-13(2)26(20)17-6-4-5-7-18(17)27(21(22)29)15-10-8-14(23)9-11-15/h4-11,16H,3,12H2,1-2H3. The van der Waals surface area contributed by atoms with Crippen molar-refractivity contribution in [3.8, 4) is 5.69 Å². The molecular weight excluding hydrogens is 404 g/mol. The zero-order valence-corrected chi connectivity index (χ0v) is 17.3. The minimum atomic E-state index is -1.12. The van der Waals surface area contributed by atoms with E-state index in [1.807, 2.05) is 35.8 Å². The Bertz CT molecular complexity index is 1170. The molecule has 8 heteroatoms. The Kier molecular flexibility index (Phi) is 4.18. The number of anilines is 2. The lowest BCUT2D eigenvalue weighted by Crippen LogP contribution is -2.38. The smallest absolute Gasteiger partial charge is 0.310 e. The normalized spacial score (nSPS) is 21.8. The predicted octanol–water partition coefficient (Wildman–Crippen LogP) is 3.73. The summed E-state index contributed by atoms with van der Waals surface area (Å²) in [5.74, 6) is -0.0815. The lowest BCUT2D eigenvalue weighted by atomic mass is 10.00. The monoisotopic (exact) mass is 422 g/mol. The van der Waals surface area contributed by atoms with E-state index in [-0.39, 0.29) is 18.5 Å². The summed E-state index contributed by atoms with van der Waals surface area (Å²) in [6.45, 7) is 3.85. The van der Waals surface area contributed by atoms with E-state index in [1.165, 1.54) is 0 Å². The third-order valence-electron chi connectivity index (χ3n) is 5.79. The van der Waals surface area contributed by atoms with Gasteiger partial charge in [-0.05, 0) is 56.7 Å². The summed E-state index contributed by atoms with van der Waals surface area (Å²) < 4.78 is 7.13. The van der Waals surface area contributed by atoms with Gasteiger partial charge in [0.15, 0.2) is 5.82 Å². The minimum absolute atomic E-state index is 0.221. The number of para-hydroxylation sites is 2. The minimum Gasteiger partial charge on any atom is -0.466 e. The summed E-state index contributed by atoms with van der Waals surface area (Å²) in [4.78, 5) is 28.4. The van der Waals surface area contributed by atoms with Crippen LogP contribution in [0.15, 0.2) is 48.5 Å². The zero-order valence-electron chi connectivity index (χ0n) is 16.5. The molecule has 30 heavy (non-hydrogen) atoms. The maximum Gasteiger partial charge on any atom is 0.310 e. The van der Waals surface area contributed by atoms with E-state index in [0.717, 1.165) is 5.69 Å². The molecule has 0 N–H and O–H groups in total. The average molecular weight is 423 g/mol. The molecule has 2 unspecified atom stereocenters. The van der Waals surface area contributed by atoms with Crippen molar-refractivity contribution in [2.24, 2.45) is 5.92 Å². The number of carbonyl (C=O) groups is 2. The first-order valence-electron chi connectivity index (χ1n) is 9.77. The largest absolute Gasteiger partial charge is 0.466 e. The van der Waals surface area contributed by atoms with Crippen LogP contribution >= 0.6 is 11.6 Å². The molecular formula is C22H19ClN4O3. The first kappa shape index (κ1) is 18.8. The molecule has 1 saturated carbocycles. The number of aromatic nitrogens is 3. The number of aryl methyl sites for hydroxylation is 1. The first-order valence-corrected chi connectivity index (χ1v) is 10.2. The van der Waals surface area contributed by atoms with E-state index in [1.54, 1.807) is 36.1 Å². The van der Waals surface area contributed by atoms with E-state index >= 15 is 0 Å². The van der Waals surface area contributed by atoms with Gasteiger partial charge in [0.05, 0.1) is 23.9 Å². The molecule has 2 heterocycles. The topological polar surface area (TPSA) is 77.3 Å². The molecule has 1 spiro atoms. The lowest BCUT2D eigenvalue weighted by Gasteiger charge is -2.25. The van der Waals surface area contributed by atoms with Gasteiger partial charge in [0.25, 0.3) is 0 Å². The van der Waals surface area contributed by atoms with Gasteiger partial charge in [-0.1, -0.05) is 23.7 Å². The Morgan fingerprint density at radius 3 is 2.57 bits per heavy atom. The fourth-order valence-corrected chi connectivity index (χ4v) is 4.43. The molecule has 1 aliphatic carbocycles. The summed E-state index contributed by atoms with van der Waals surface area (Å²) in [5.41, 5.74) is 1.03. The van der Waals surface area contributed by atoms with Gasteiger partial charge in [0.1, 0.15) is 11.2 Å². The SMILES string of the molecule is CCOC(=O)C1CC12C(=O)N(c1ccc(Cl)cc1)c1ccccc1-n1c(C)nnc12. The van der Waals surface area contributed by atoms with Gasteiger partial charge in [-0.3, -0.25) is 19.1 Å². The number of halogens is 1. The molecule has 7 nitrogen and oxygen atoms in total. The number of esters is 1. The van der Waals surface area contributed by atoms with Crippen LogP contribution in [-0.2, 0) is 19.7 Å². The summed E-state index contributed by atoms with van der Waals surface area (Å²) in [6.07, 6.45) is 0.334. The van der Waals surface area contributed by atoms with Crippen LogP contribution in [0.25, 0.3) is 5.69 Å². The second-order valence-corrected chi connectivity index (χ2v) is 7.93. The lowest BCUT2D eigenvalue weighted by molar-refractivity contribution is -0.146. The molecule has 0 bridgehead atoms. The molecule has 0 saturated heterocycles. The third kappa shape index (κ3) is 2.51. The average Bonchev–Trinajstić information content (AvgIpc) is 3.40. The number of carbonyl (C=O) groups excluding carboxylic acids is 2. The number of hydrogen-bond donors (Lipinski definition) is 0. The number of rotatable bonds is 3. The van der Waals surface area contributed by atoms with E-state index in [0.29, 0.717) is 34.5 Å². The molecule has 2 atom stereocenters. The van der Waals surface area contributed by atoms with Crippen molar-refractivity contribution in [1.82, 2.24) is 14.8 Å². The van der Waals surface area contributed by atoms with Crippen LogP contribution in [0.5, 0.6) is 0 Å². The quantitative estimate of drug-likeness (QED) is 0.601. The summed E-state index contributed by atoms with van der Waals surface area (Å²) in [7, 11) is 0. The Hall–Kier alpha value is -3.19. The van der Waals surface area contributed by atoms with Gasteiger partial charge in [-0.2, -0.15) is 0 Å². The Balaban J connectivity index is 1.76. The van der Waals surface area contributed by atoms with Gasteiger partial charge in [-0.15, -0.1) is 10.2 Å². The maximum atomic E-state index is 14.1. The first-order chi connectivity index (χ1) is 14.5. The molecule has 2 aromatic carbocycles. The zero-order chi connectivity index (χ0) is 21.0. The molecule has 1 aliphatic heterocycles. The number of amides is 1. The number of nitrogens with zero attached hydrogens (tertiary/aromatic N) is 4. The van der Waals surface area contributed by atoms with Crippen LogP contribution in [0.3, 0.4) is 0 Å². The summed E-state index contributed by atoms with van der Waals surface area (Å²) in [5, 5.41) is 9.16. The second kappa shape index (κ2) is 6.67. The Morgan fingerprint density at radius 2 is 1.87 bits per heavy atom. The molecule has 2 aliphatic rings. The third-order valence-corrected chi connectivity index (χ3v) is 6.04. The summed E-state index contributed by atoms with van der Waals surface area (Å²) >= 11 is 6.08. The molecule has 1 fully saturated rings. The highest BCUT2D eigenvalue weighted by molar-refractivity contribution is 6.30. The molecule has 1 aromatic heterocycles. The number of fused-ring (bicyclic) bond motifs is 4. The fourth-order valence-electron chi connectivity index (χ4n) is 4.31. The van der Waals surface area contributed by atoms with Crippen molar-refractivity contribution in [2.45, 2.75) is 25.7 Å². The van der Waals surface area contributed by atoms with Crippen molar-refractivity contribution in [1.29, 1.82) is 0 Å². The van der Waals surface area contributed by atoms with E-state index in [9.17, 15) is 9.59 Å². The van der Waals surface area contributed by atoms with Gasteiger partial charge in [0, 0.05) is 10.7 Å². The fraction of sp³-hybridized carbons (Fsp3) is 0.273. The van der Waals surface area contributed by atoms with E-state index in [2.05, 4.69) is 10.2 Å². The maximum absolute atomic E-state index is 14.1. The van der Waals surface area contributed by atoms with E-state index < -0.39 is 11.3 Å². The number of benzene rings is 2. The van der Waals surface area contributed by atoms with Crippen molar-refractivity contribution >= 4 is 34.9 Å². The molecule has 0 radical (unpaired) electrons. The predicted molar refractivity (Wildman–Crippen MR) is 111 cm³/mol. The number of ether oxygens (including phenoxy) is 1. The highest BCUT2D eigenvalue weighted by Gasteiger charge is 2.70. The van der Waals surface area contributed by atoms with Crippen LogP contribution in [-0.4, -0.2) is 33.2 Å². The molecule has 3 aromatic rings. The van der Waals surface area contributed by atoms with Crippen molar-refractivity contribution in [3.05, 3.63) is 65.2 Å². The number of hydrogen-bond acceptors (Lipinski definition) is 5. The van der Waals surface area contributed by atoms with Crippen LogP contribution < -0.4 is 4.90 Å². The summed E-state index contributed by atoms with van der Waals surface area (Å²) in [6, 6.07) is 14.7. The molecule has 1 amide bonds. The van der Waals surface area contributed by atoms with Gasteiger partial charge < -0.3 is 4.74 Å². The molecule has 5 rings (SSSR count). The van der Waals surface area contributed by atoms with Crippen molar-refractivity contribution in [3.63, 3.8) is 0 Å². The van der Waals surface area contributed by atoms with Crippen molar-refractivity contribution < 1.29 is 14.3 Å².